The molecule has 1 aliphatic rings. The van der Waals surface area contributed by atoms with Crippen molar-refractivity contribution in [2.75, 3.05) is 0 Å². The fourth-order valence-corrected chi connectivity index (χ4v) is 2.90. The van der Waals surface area contributed by atoms with Crippen LogP contribution < -0.4 is 5.32 Å². The van der Waals surface area contributed by atoms with Gasteiger partial charge in [-0.25, -0.2) is 8.42 Å². The number of rotatable bonds is 3. The maximum atomic E-state index is 12.0. The molecular weight excluding hydrogens is 333 g/mol. The summed E-state index contributed by atoms with van der Waals surface area (Å²) < 4.78 is 22.6. The summed E-state index contributed by atoms with van der Waals surface area (Å²) in [7, 11) is 1.27. The maximum absolute atomic E-state index is 12.0. The fraction of sp³-hybridized carbons (Fsp3) is 0.364. The second-order valence-corrected chi connectivity index (χ2v) is 7.85. The Balaban J connectivity index is 2.38. The molecule has 0 bridgehead atoms. The topological polar surface area (TPSA) is 63.2 Å². The van der Waals surface area contributed by atoms with Gasteiger partial charge in [0.2, 0.25) is 0 Å². The van der Waals surface area contributed by atoms with Gasteiger partial charge in [0.15, 0.2) is 0 Å². The van der Waals surface area contributed by atoms with Crippen LogP contribution in [0.1, 0.15) is 23.7 Å². The van der Waals surface area contributed by atoms with Crippen molar-refractivity contribution >= 4 is 48.8 Å². The lowest BCUT2D eigenvalue weighted by Crippen LogP contribution is -2.27. The predicted molar refractivity (Wildman–Crippen MR) is 74.5 cm³/mol. The number of hydrogen-bond donors (Lipinski definition) is 1. The van der Waals surface area contributed by atoms with Gasteiger partial charge in [-0.1, -0.05) is 30.1 Å². The largest absolute Gasteiger partial charge is 0.349 e. The van der Waals surface area contributed by atoms with Crippen LogP contribution in [0, 0.1) is 5.92 Å². The van der Waals surface area contributed by atoms with E-state index < -0.39 is 15.0 Å². The standard InChI is InChI=1S/C11H10Cl3NO3S/c1-5-2-9(5)15-11(16)7-3-6(19(14,17)18)4-8(12)10(7)13/h3-5,9H,2H2,1H3,(H,15,16). The van der Waals surface area contributed by atoms with Crippen molar-refractivity contribution in [3.05, 3.63) is 27.7 Å². The smallest absolute Gasteiger partial charge is 0.261 e. The fourth-order valence-electron chi connectivity index (χ4n) is 1.64. The monoisotopic (exact) mass is 341 g/mol. The zero-order valence-electron chi connectivity index (χ0n) is 9.78. The van der Waals surface area contributed by atoms with E-state index in [4.69, 9.17) is 33.9 Å². The first-order valence-corrected chi connectivity index (χ1v) is 8.51. The number of hydrogen-bond acceptors (Lipinski definition) is 3. The molecular formula is C11H10Cl3NO3S. The van der Waals surface area contributed by atoms with Crippen LogP contribution in [-0.2, 0) is 9.05 Å². The Kier molecular flexibility index (Phi) is 4.02. The molecule has 1 amide bonds. The third-order valence-corrected chi connectivity index (χ3v) is 5.09. The maximum Gasteiger partial charge on any atom is 0.261 e. The number of benzene rings is 1. The average Bonchev–Trinajstić information content (AvgIpc) is 2.96. The Morgan fingerprint density at radius 2 is 1.95 bits per heavy atom. The van der Waals surface area contributed by atoms with E-state index in [2.05, 4.69) is 5.32 Å². The summed E-state index contributed by atoms with van der Waals surface area (Å²) in [5.74, 6) is -0.0402. The lowest BCUT2D eigenvalue weighted by atomic mass is 10.2. The highest BCUT2D eigenvalue weighted by Crippen LogP contribution is 2.33. The quantitative estimate of drug-likeness (QED) is 0.859. The highest BCUT2D eigenvalue weighted by molar-refractivity contribution is 8.13. The van der Waals surface area contributed by atoms with Gasteiger partial charge in [0.05, 0.1) is 20.5 Å². The van der Waals surface area contributed by atoms with E-state index in [1.807, 2.05) is 6.92 Å². The summed E-state index contributed by atoms with van der Waals surface area (Å²) in [6.07, 6.45) is 0.893. The third-order valence-electron chi connectivity index (χ3n) is 2.95. The van der Waals surface area contributed by atoms with Crippen molar-refractivity contribution in [2.24, 2.45) is 5.92 Å². The van der Waals surface area contributed by atoms with Crippen molar-refractivity contribution in [2.45, 2.75) is 24.3 Å². The lowest BCUT2D eigenvalue weighted by Gasteiger charge is -2.09. The van der Waals surface area contributed by atoms with Crippen LogP contribution in [0.3, 0.4) is 0 Å². The molecule has 104 valence electrons. The summed E-state index contributed by atoms with van der Waals surface area (Å²) >= 11 is 11.7. The van der Waals surface area contributed by atoms with Gasteiger partial charge in [-0.05, 0) is 24.5 Å². The molecule has 1 fully saturated rings. The molecule has 1 aliphatic carbocycles. The molecule has 2 atom stereocenters. The van der Waals surface area contributed by atoms with E-state index in [0.29, 0.717) is 5.92 Å². The molecule has 1 aromatic carbocycles. The van der Waals surface area contributed by atoms with Crippen LogP contribution >= 0.6 is 33.9 Å². The Hall–Kier alpha value is -0.490. The Morgan fingerprint density at radius 1 is 1.37 bits per heavy atom. The summed E-state index contributed by atoms with van der Waals surface area (Å²) in [5, 5.41) is 2.73. The van der Waals surface area contributed by atoms with Gasteiger partial charge < -0.3 is 5.32 Å². The van der Waals surface area contributed by atoms with E-state index in [9.17, 15) is 13.2 Å². The number of halogens is 3. The zero-order chi connectivity index (χ0) is 14.4. The normalized spacial score (nSPS) is 22.1. The number of carbonyl (C=O) groups excluding carboxylic acids is 1. The molecule has 0 aromatic heterocycles. The highest BCUT2D eigenvalue weighted by Gasteiger charge is 2.34. The third kappa shape index (κ3) is 3.34. The minimum atomic E-state index is -3.97. The summed E-state index contributed by atoms with van der Waals surface area (Å²) in [4.78, 5) is 11.7. The summed E-state index contributed by atoms with van der Waals surface area (Å²) in [6, 6.07) is 2.33. The molecule has 0 heterocycles. The molecule has 0 saturated heterocycles. The van der Waals surface area contributed by atoms with E-state index in [1.54, 1.807) is 0 Å². The van der Waals surface area contributed by atoms with Crippen LogP contribution in [0.5, 0.6) is 0 Å². The van der Waals surface area contributed by atoms with E-state index in [0.717, 1.165) is 18.6 Å². The molecule has 2 rings (SSSR count). The van der Waals surface area contributed by atoms with Gasteiger partial charge in [0.1, 0.15) is 0 Å². The number of nitrogens with one attached hydrogen (secondary N) is 1. The van der Waals surface area contributed by atoms with Crippen LogP contribution in [0.25, 0.3) is 0 Å². The predicted octanol–water partition coefficient (Wildman–Crippen LogP) is 3.06. The molecule has 4 nitrogen and oxygen atoms in total. The van der Waals surface area contributed by atoms with Crippen LogP contribution in [0.4, 0.5) is 0 Å². The van der Waals surface area contributed by atoms with Gasteiger partial charge in [-0.15, -0.1) is 0 Å². The molecule has 0 radical (unpaired) electrons. The average molecular weight is 343 g/mol. The molecule has 1 saturated carbocycles. The molecule has 0 aliphatic heterocycles. The lowest BCUT2D eigenvalue weighted by molar-refractivity contribution is 0.0949. The molecule has 1 N–H and O–H groups in total. The van der Waals surface area contributed by atoms with Gasteiger partial charge >= 0.3 is 0 Å². The van der Waals surface area contributed by atoms with Crippen molar-refractivity contribution in [3.8, 4) is 0 Å². The van der Waals surface area contributed by atoms with E-state index in [1.165, 1.54) is 0 Å². The van der Waals surface area contributed by atoms with Crippen molar-refractivity contribution in [1.29, 1.82) is 0 Å². The Bertz CT molecular complexity index is 645. The summed E-state index contributed by atoms with van der Waals surface area (Å²) in [6.45, 7) is 2.00. The first-order chi connectivity index (χ1) is 8.70. The minimum absolute atomic E-state index is 0.00694. The van der Waals surface area contributed by atoms with Crippen LogP contribution in [-0.4, -0.2) is 20.4 Å². The number of carbonyl (C=O) groups is 1. The van der Waals surface area contributed by atoms with Crippen LogP contribution in [0.15, 0.2) is 17.0 Å². The molecule has 19 heavy (non-hydrogen) atoms. The first kappa shape index (κ1) is 14.9. The zero-order valence-corrected chi connectivity index (χ0v) is 12.9. The minimum Gasteiger partial charge on any atom is -0.349 e. The molecule has 0 spiro atoms. The van der Waals surface area contributed by atoms with Crippen LogP contribution in [0.2, 0.25) is 10.0 Å². The van der Waals surface area contributed by atoms with Gasteiger partial charge in [-0.3, -0.25) is 4.79 Å². The van der Waals surface area contributed by atoms with Gasteiger partial charge in [0.25, 0.3) is 15.0 Å². The van der Waals surface area contributed by atoms with Crippen molar-refractivity contribution in [1.82, 2.24) is 5.32 Å². The van der Waals surface area contributed by atoms with E-state index >= 15 is 0 Å². The van der Waals surface area contributed by atoms with Gasteiger partial charge in [-0.2, -0.15) is 0 Å². The molecule has 8 heteroatoms. The first-order valence-electron chi connectivity index (χ1n) is 5.44. The SMILES string of the molecule is CC1CC1NC(=O)c1cc(S(=O)(=O)Cl)cc(Cl)c1Cl. The molecule has 2 unspecified atom stereocenters. The number of amides is 1. The van der Waals surface area contributed by atoms with E-state index in [-0.39, 0.29) is 26.5 Å². The molecule has 1 aromatic rings. The highest BCUT2D eigenvalue weighted by atomic mass is 35.7. The Labute approximate surface area is 125 Å². The second-order valence-electron chi connectivity index (χ2n) is 4.50. The second kappa shape index (κ2) is 5.13. The van der Waals surface area contributed by atoms with Crippen molar-refractivity contribution in [3.63, 3.8) is 0 Å². The van der Waals surface area contributed by atoms with Crippen molar-refractivity contribution < 1.29 is 13.2 Å². The Morgan fingerprint density at radius 3 is 2.42 bits per heavy atom. The summed E-state index contributed by atoms with van der Waals surface area (Å²) in [5.41, 5.74) is 0.00694. The van der Waals surface area contributed by atoms with Gasteiger partial charge in [0, 0.05) is 16.7 Å².